The summed E-state index contributed by atoms with van der Waals surface area (Å²) in [4.78, 5) is 2.06. The van der Waals surface area contributed by atoms with Gasteiger partial charge in [-0.25, -0.2) is 0 Å². The Hall–Kier alpha value is 0.180. The molecule has 0 bridgehead atoms. The second-order valence-corrected chi connectivity index (χ2v) is 3.05. The molecule has 0 unspecified atom stereocenters. The molecular formula is C6H10S2. The van der Waals surface area contributed by atoms with E-state index < -0.39 is 0 Å². The molecule has 0 saturated heterocycles. The molecule has 0 amide bonds. The van der Waals surface area contributed by atoms with Gasteiger partial charge in [0.15, 0.2) is 0 Å². The van der Waals surface area contributed by atoms with Crippen LogP contribution in [0.4, 0.5) is 0 Å². The van der Waals surface area contributed by atoms with Crippen LogP contribution in [0, 0.1) is 0 Å². The van der Waals surface area contributed by atoms with E-state index in [2.05, 4.69) is 6.92 Å². The Bertz CT molecular complexity index is 105. The van der Waals surface area contributed by atoms with Crippen molar-refractivity contribution in [2.45, 2.75) is 26.7 Å². The summed E-state index contributed by atoms with van der Waals surface area (Å²) in [6.07, 6.45) is 1.82. The van der Waals surface area contributed by atoms with E-state index in [4.69, 9.17) is 24.4 Å². The van der Waals surface area contributed by atoms with Crippen LogP contribution in [0.3, 0.4) is 0 Å². The molecule has 0 atom stereocenters. The Morgan fingerprint density at radius 1 is 1.38 bits per heavy atom. The zero-order valence-electron chi connectivity index (χ0n) is 5.23. The lowest BCUT2D eigenvalue weighted by Gasteiger charge is -1.94. The van der Waals surface area contributed by atoms with Crippen LogP contribution in [-0.4, -0.2) is 9.73 Å². The Balaban J connectivity index is 3.40. The molecule has 0 radical (unpaired) electrons. The molecule has 0 fully saturated rings. The highest BCUT2D eigenvalue weighted by molar-refractivity contribution is 7.82. The van der Waals surface area contributed by atoms with Gasteiger partial charge in [-0.3, -0.25) is 0 Å². The third kappa shape index (κ3) is 4.34. The van der Waals surface area contributed by atoms with E-state index in [1.807, 2.05) is 6.92 Å². The largest absolute Gasteiger partial charge is 0.0896 e. The summed E-state index contributed by atoms with van der Waals surface area (Å²) in [7, 11) is 0. The van der Waals surface area contributed by atoms with Crippen molar-refractivity contribution in [2.75, 3.05) is 0 Å². The third-order valence-corrected chi connectivity index (χ3v) is 1.42. The molecule has 0 aliphatic carbocycles. The van der Waals surface area contributed by atoms with E-state index in [-0.39, 0.29) is 0 Å². The fraction of sp³-hybridized carbons (Fsp3) is 0.667. The van der Waals surface area contributed by atoms with Gasteiger partial charge in [-0.2, -0.15) is 0 Å². The maximum Gasteiger partial charge on any atom is 0.00992 e. The number of hydrogen-bond acceptors (Lipinski definition) is 2. The molecule has 0 aliphatic rings. The summed E-state index contributed by atoms with van der Waals surface area (Å²) < 4.78 is 0. The summed E-state index contributed by atoms with van der Waals surface area (Å²) in [5, 5.41) is 0. The normalized spacial score (nSPS) is 8.75. The second kappa shape index (κ2) is 4.10. The molecule has 46 valence electrons. The van der Waals surface area contributed by atoms with Crippen molar-refractivity contribution < 1.29 is 0 Å². The van der Waals surface area contributed by atoms with E-state index in [0.29, 0.717) is 0 Å². The lowest BCUT2D eigenvalue weighted by atomic mass is 10.2. The summed E-state index contributed by atoms with van der Waals surface area (Å²) in [5.41, 5.74) is 0. The van der Waals surface area contributed by atoms with Crippen LogP contribution < -0.4 is 0 Å². The first kappa shape index (κ1) is 8.18. The van der Waals surface area contributed by atoms with Crippen LogP contribution in [0.25, 0.3) is 0 Å². The summed E-state index contributed by atoms with van der Waals surface area (Å²) in [6.45, 7) is 3.98. The minimum Gasteiger partial charge on any atom is -0.0896 e. The van der Waals surface area contributed by atoms with E-state index >= 15 is 0 Å². The van der Waals surface area contributed by atoms with Crippen LogP contribution >= 0.6 is 24.4 Å². The monoisotopic (exact) mass is 146 g/mol. The minimum atomic E-state index is 0.848. The van der Waals surface area contributed by atoms with Gasteiger partial charge in [-0.15, -0.1) is 0 Å². The Kier molecular flexibility index (Phi) is 4.19. The third-order valence-electron chi connectivity index (χ3n) is 0.840. The minimum absolute atomic E-state index is 0.848. The van der Waals surface area contributed by atoms with Gasteiger partial charge in [-0.05, 0) is 23.1 Å². The Labute approximate surface area is 61.3 Å². The lowest BCUT2D eigenvalue weighted by molar-refractivity contribution is 1.28. The molecule has 0 aromatic heterocycles. The van der Waals surface area contributed by atoms with Crippen molar-refractivity contribution in [3.8, 4) is 0 Å². The van der Waals surface area contributed by atoms with Gasteiger partial charge >= 0.3 is 0 Å². The maximum absolute atomic E-state index is 4.94. The van der Waals surface area contributed by atoms with Crippen LogP contribution in [0.2, 0.25) is 0 Å². The van der Waals surface area contributed by atoms with Crippen molar-refractivity contribution in [1.82, 2.24) is 0 Å². The molecule has 2 heteroatoms. The summed E-state index contributed by atoms with van der Waals surface area (Å²) in [5.74, 6) is 0. The van der Waals surface area contributed by atoms with Crippen molar-refractivity contribution in [1.29, 1.82) is 0 Å². The molecule has 0 aromatic carbocycles. The van der Waals surface area contributed by atoms with Crippen LogP contribution in [0.1, 0.15) is 26.7 Å². The van der Waals surface area contributed by atoms with E-state index in [9.17, 15) is 0 Å². The van der Waals surface area contributed by atoms with Gasteiger partial charge in [-0.1, -0.05) is 31.4 Å². The fourth-order valence-electron chi connectivity index (χ4n) is 0.403. The number of hydrogen-bond donors (Lipinski definition) is 0. The van der Waals surface area contributed by atoms with Gasteiger partial charge in [0.05, 0.1) is 0 Å². The first-order valence-corrected chi connectivity index (χ1v) is 3.49. The molecular weight excluding hydrogens is 136 g/mol. The lowest BCUT2D eigenvalue weighted by Crippen LogP contribution is -1.96. The molecule has 0 heterocycles. The zero-order chi connectivity index (χ0) is 6.57. The van der Waals surface area contributed by atoms with Crippen molar-refractivity contribution >= 4 is 34.2 Å². The highest BCUT2D eigenvalue weighted by Crippen LogP contribution is 1.94. The van der Waals surface area contributed by atoms with Gasteiger partial charge < -0.3 is 0 Å². The highest BCUT2D eigenvalue weighted by atomic mass is 32.1. The van der Waals surface area contributed by atoms with Crippen molar-refractivity contribution in [2.24, 2.45) is 0 Å². The second-order valence-electron chi connectivity index (χ2n) is 1.77. The van der Waals surface area contributed by atoms with E-state index in [1.165, 1.54) is 0 Å². The molecule has 0 saturated carbocycles. The quantitative estimate of drug-likeness (QED) is 0.561. The van der Waals surface area contributed by atoms with Gasteiger partial charge in [0.1, 0.15) is 0 Å². The van der Waals surface area contributed by atoms with Crippen molar-refractivity contribution in [3.05, 3.63) is 0 Å². The molecule has 0 spiro atoms. The topological polar surface area (TPSA) is 0 Å². The maximum atomic E-state index is 4.94. The molecule has 0 N–H and O–H groups in total. The smallest absolute Gasteiger partial charge is 0.00992 e. The zero-order valence-corrected chi connectivity index (χ0v) is 6.86. The van der Waals surface area contributed by atoms with Gasteiger partial charge in [0, 0.05) is 6.42 Å². The van der Waals surface area contributed by atoms with Crippen LogP contribution in [-0.2, 0) is 0 Å². The van der Waals surface area contributed by atoms with Crippen molar-refractivity contribution in [3.63, 3.8) is 0 Å². The molecule has 8 heavy (non-hydrogen) atoms. The number of rotatable bonds is 3. The average Bonchev–Trinajstić information content (AvgIpc) is 1.65. The van der Waals surface area contributed by atoms with E-state index in [1.54, 1.807) is 0 Å². The number of thiocarbonyl (C=S) groups is 2. The predicted molar refractivity (Wildman–Crippen MR) is 45.8 cm³/mol. The predicted octanol–water partition coefficient (Wildman–Crippen LogP) is 2.55. The highest BCUT2D eigenvalue weighted by Gasteiger charge is 1.92. The van der Waals surface area contributed by atoms with Crippen LogP contribution in [0.15, 0.2) is 0 Å². The van der Waals surface area contributed by atoms with Gasteiger partial charge in [0.2, 0.25) is 0 Å². The fourth-order valence-corrected chi connectivity index (χ4v) is 0.885. The Morgan fingerprint density at radius 3 is 2.00 bits per heavy atom. The molecule has 0 rings (SSSR count). The molecule has 0 aromatic rings. The Morgan fingerprint density at radius 2 is 1.88 bits per heavy atom. The van der Waals surface area contributed by atoms with Crippen LogP contribution in [0.5, 0.6) is 0 Å². The standard InChI is InChI=1S/C6H10S2/c1-3-6(8)4-5(2)7/h3-4H2,1-2H3. The summed E-state index contributed by atoms with van der Waals surface area (Å²) in [6, 6.07) is 0. The molecule has 0 aliphatic heterocycles. The SMILES string of the molecule is CCC(=S)CC(C)=S. The average molecular weight is 146 g/mol. The van der Waals surface area contributed by atoms with E-state index in [0.717, 1.165) is 22.6 Å². The first-order chi connectivity index (χ1) is 3.66. The van der Waals surface area contributed by atoms with Gasteiger partial charge in [0.25, 0.3) is 0 Å². The first-order valence-electron chi connectivity index (χ1n) is 2.68. The summed E-state index contributed by atoms with van der Waals surface area (Å²) >= 11 is 9.79. The molecule has 0 nitrogen and oxygen atoms in total.